The topological polar surface area (TPSA) is 26.3 Å². The largest absolute Gasteiger partial charge is 0.460 e. The van der Waals surface area contributed by atoms with Crippen molar-refractivity contribution in [3.05, 3.63) is 35.6 Å². The standard InChI is InChI=1S/C12H15FO2/c1-12(2,3)15-11(14)8-9-5-4-6-10(13)7-9/h4-7H,8H2,1-3H3. The predicted octanol–water partition coefficient (Wildman–Crippen LogP) is 2.71. The van der Waals surface area contributed by atoms with Gasteiger partial charge in [-0.1, -0.05) is 12.1 Å². The zero-order valence-electron chi connectivity index (χ0n) is 9.21. The fourth-order valence-electron chi connectivity index (χ4n) is 1.19. The first-order valence-electron chi connectivity index (χ1n) is 4.83. The van der Waals surface area contributed by atoms with Crippen LogP contribution in [0.1, 0.15) is 26.3 Å². The Kier molecular flexibility index (Phi) is 3.45. The Morgan fingerprint density at radius 1 is 1.40 bits per heavy atom. The van der Waals surface area contributed by atoms with E-state index in [2.05, 4.69) is 0 Å². The van der Waals surface area contributed by atoms with Crippen molar-refractivity contribution in [1.82, 2.24) is 0 Å². The molecule has 0 aliphatic carbocycles. The second kappa shape index (κ2) is 4.43. The number of ether oxygens (including phenoxy) is 1. The molecule has 15 heavy (non-hydrogen) atoms. The molecule has 0 saturated heterocycles. The quantitative estimate of drug-likeness (QED) is 0.701. The summed E-state index contributed by atoms with van der Waals surface area (Å²) >= 11 is 0. The first kappa shape index (κ1) is 11.7. The second-order valence-electron chi connectivity index (χ2n) is 4.39. The number of rotatable bonds is 2. The van der Waals surface area contributed by atoms with Crippen LogP contribution in [0.3, 0.4) is 0 Å². The van der Waals surface area contributed by atoms with Crippen LogP contribution in [0.4, 0.5) is 4.39 Å². The molecule has 0 aliphatic rings. The molecule has 0 amide bonds. The van der Waals surface area contributed by atoms with Gasteiger partial charge in [0.25, 0.3) is 0 Å². The van der Waals surface area contributed by atoms with Crippen LogP contribution < -0.4 is 0 Å². The van der Waals surface area contributed by atoms with Crippen LogP contribution in [-0.4, -0.2) is 11.6 Å². The Morgan fingerprint density at radius 3 is 2.60 bits per heavy atom. The molecule has 0 spiro atoms. The summed E-state index contributed by atoms with van der Waals surface area (Å²) in [6.07, 6.45) is 0.106. The van der Waals surface area contributed by atoms with E-state index in [0.717, 1.165) is 0 Å². The zero-order valence-corrected chi connectivity index (χ0v) is 9.21. The van der Waals surface area contributed by atoms with E-state index in [9.17, 15) is 9.18 Å². The second-order valence-corrected chi connectivity index (χ2v) is 4.39. The molecule has 0 heterocycles. The van der Waals surface area contributed by atoms with Gasteiger partial charge >= 0.3 is 5.97 Å². The molecule has 3 heteroatoms. The summed E-state index contributed by atoms with van der Waals surface area (Å²) in [5.74, 6) is -0.677. The molecule has 1 rings (SSSR count). The number of benzene rings is 1. The first-order valence-corrected chi connectivity index (χ1v) is 4.83. The Hall–Kier alpha value is -1.38. The van der Waals surface area contributed by atoms with E-state index in [1.165, 1.54) is 12.1 Å². The number of esters is 1. The molecule has 0 atom stereocenters. The van der Waals surface area contributed by atoms with Crippen molar-refractivity contribution in [3.8, 4) is 0 Å². The highest BCUT2D eigenvalue weighted by Gasteiger charge is 2.16. The highest BCUT2D eigenvalue weighted by atomic mass is 19.1. The minimum atomic E-state index is -0.496. The summed E-state index contributed by atoms with van der Waals surface area (Å²) in [5.41, 5.74) is 0.133. The number of hydrogen-bond acceptors (Lipinski definition) is 2. The molecular weight excluding hydrogens is 195 g/mol. The molecule has 0 aromatic heterocycles. The fraction of sp³-hybridized carbons (Fsp3) is 0.417. The number of halogens is 1. The van der Waals surface area contributed by atoms with Gasteiger partial charge in [0.15, 0.2) is 0 Å². The summed E-state index contributed by atoms with van der Waals surface area (Å²) in [6, 6.07) is 5.96. The molecule has 0 saturated carbocycles. The average molecular weight is 210 g/mol. The minimum absolute atomic E-state index is 0.106. The van der Waals surface area contributed by atoms with Crippen molar-refractivity contribution in [2.24, 2.45) is 0 Å². The molecule has 1 aromatic rings. The van der Waals surface area contributed by atoms with Gasteiger partial charge in [0.1, 0.15) is 11.4 Å². The summed E-state index contributed by atoms with van der Waals surface area (Å²) in [5, 5.41) is 0. The predicted molar refractivity (Wildman–Crippen MR) is 55.9 cm³/mol. The zero-order chi connectivity index (χ0) is 11.5. The van der Waals surface area contributed by atoms with Gasteiger partial charge in [-0.2, -0.15) is 0 Å². The van der Waals surface area contributed by atoms with Gasteiger partial charge in [-0.3, -0.25) is 4.79 Å². The number of carbonyl (C=O) groups is 1. The van der Waals surface area contributed by atoms with Crippen molar-refractivity contribution < 1.29 is 13.9 Å². The lowest BCUT2D eigenvalue weighted by molar-refractivity contribution is -0.153. The number of hydrogen-bond donors (Lipinski definition) is 0. The smallest absolute Gasteiger partial charge is 0.310 e. The average Bonchev–Trinajstić information content (AvgIpc) is 1.99. The fourth-order valence-corrected chi connectivity index (χ4v) is 1.19. The SMILES string of the molecule is CC(C)(C)OC(=O)Cc1cccc(F)c1. The minimum Gasteiger partial charge on any atom is -0.460 e. The summed E-state index contributed by atoms with van der Waals surface area (Å²) in [4.78, 5) is 11.4. The van der Waals surface area contributed by atoms with Crippen molar-refractivity contribution >= 4 is 5.97 Å². The van der Waals surface area contributed by atoms with Crippen molar-refractivity contribution in [2.75, 3.05) is 0 Å². The Labute approximate surface area is 89.1 Å². The van der Waals surface area contributed by atoms with Gasteiger partial charge in [0, 0.05) is 0 Å². The Bertz CT molecular complexity index is 353. The van der Waals surface area contributed by atoms with E-state index in [1.807, 2.05) is 0 Å². The maximum Gasteiger partial charge on any atom is 0.310 e. The van der Waals surface area contributed by atoms with E-state index >= 15 is 0 Å². The number of carbonyl (C=O) groups excluding carboxylic acids is 1. The molecule has 0 bridgehead atoms. The van der Waals surface area contributed by atoms with E-state index in [4.69, 9.17) is 4.74 Å². The van der Waals surface area contributed by atoms with E-state index in [1.54, 1.807) is 32.9 Å². The van der Waals surface area contributed by atoms with Crippen molar-refractivity contribution in [1.29, 1.82) is 0 Å². The van der Waals surface area contributed by atoms with Gasteiger partial charge in [-0.15, -0.1) is 0 Å². The summed E-state index contributed by atoms with van der Waals surface area (Å²) < 4.78 is 17.9. The third-order valence-electron chi connectivity index (χ3n) is 1.66. The van der Waals surface area contributed by atoms with Crippen LogP contribution in [0.2, 0.25) is 0 Å². The van der Waals surface area contributed by atoms with Gasteiger partial charge < -0.3 is 4.74 Å². The van der Waals surface area contributed by atoms with Crippen LogP contribution in [0.5, 0.6) is 0 Å². The first-order chi connectivity index (χ1) is 6.87. The molecule has 82 valence electrons. The molecule has 2 nitrogen and oxygen atoms in total. The van der Waals surface area contributed by atoms with Crippen molar-refractivity contribution in [2.45, 2.75) is 32.8 Å². The van der Waals surface area contributed by atoms with Gasteiger partial charge in [-0.05, 0) is 38.5 Å². The van der Waals surface area contributed by atoms with Crippen molar-refractivity contribution in [3.63, 3.8) is 0 Å². The lowest BCUT2D eigenvalue weighted by atomic mass is 10.1. The molecule has 0 aliphatic heterocycles. The van der Waals surface area contributed by atoms with Gasteiger partial charge in [0.05, 0.1) is 6.42 Å². The molecule has 0 unspecified atom stereocenters. The normalized spacial score (nSPS) is 11.2. The Balaban J connectivity index is 2.59. The molecule has 0 fully saturated rings. The van der Waals surface area contributed by atoms with Crippen LogP contribution in [0, 0.1) is 5.82 Å². The maximum atomic E-state index is 12.8. The third kappa shape index (κ3) is 4.58. The molecular formula is C12H15FO2. The van der Waals surface area contributed by atoms with E-state index in [0.29, 0.717) is 5.56 Å². The molecule has 0 N–H and O–H groups in total. The summed E-state index contributed by atoms with van der Waals surface area (Å²) in [6.45, 7) is 5.41. The third-order valence-corrected chi connectivity index (χ3v) is 1.66. The van der Waals surface area contributed by atoms with Gasteiger partial charge in [-0.25, -0.2) is 4.39 Å². The van der Waals surface area contributed by atoms with E-state index < -0.39 is 5.60 Å². The monoisotopic (exact) mass is 210 g/mol. The maximum absolute atomic E-state index is 12.8. The van der Waals surface area contributed by atoms with Crippen LogP contribution in [-0.2, 0) is 16.0 Å². The summed E-state index contributed by atoms with van der Waals surface area (Å²) in [7, 11) is 0. The Morgan fingerprint density at radius 2 is 2.07 bits per heavy atom. The highest BCUT2D eigenvalue weighted by Crippen LogP contribution is 2.10. The van der Waals surface area contributed by atoms with Crippen LogP contribution in [0.25, 0.3) is 0 Å². The highest BCUT2D eigenvalue weighted by molar-refractivity contribution is 5.72. The van der Waals surface area contributed by atoms with Gasteiger partial charge in [0.2, 0.25) is 0 Å². The molecule has 0 radical (unpaired) electrons. The molecule has 1 aromatic carbocycles. The lowest BCUT2D eigenvalue weighted by Crippen LogP contribution is -2.24. The van der Waals surface area contributed by atoms with E-state index in [-0.39, 0.29) is 18.2 Å². The lowest BCUT2D eigenvalue weighted by Gasteiger charge is -2.19. The van der Waals surface area contributed by atoms with Crippen LogP contribution in [0.15, 0.2) is 24.3 Å². The van der Waals surface area contributed by atoms with Crippen LogP contribution >= 0.6 is 0 Å².